The summed E-state index contributed by atoms with van der Waals surface area (Å²) in [5.41, 5.74) is 4.11. The Bertz CT molecular complexity index is 729. The van der Waals surface area contributed by atoms with Crippen molar-refractivity contribution >= 4 is 32.4 Å². The predicted octanol–water partition coefficient (Wildman–Crippen LogP) is 4.80. The Morgan fingerprint density at radius 3 is 2.53 bits per heavy atom. The molecule has 0 bridgehead atoms. The van der Waals surface area contributed by atoms with Crippen molar-refractivity contribution in [2.24, 2.45) is 0 Å². The molecule has 1 heterocycles. The highest BCUT2D eigenvalue weighted by Crippen LogP contribution is 2.29. The third-order valence-electron chi connectivity index (χ3n) is 2.82. The largest absolute Gasteiger partial charge is 0.332 e. The first-order chi connectivity index (χ1) is 9.10. The molecule has 3 aromatic rings. The maximum absolute atomic E-state index is 13.1. The minimum atomic E-state index is -0.254. The second-order valence-electron chi connectivity index (χ2n) is 4.63. The molecule has 2 aromatic carbocycles. The lowest BCUT2D eigenvalue weighted by molar-refractivity contribution is 0.629. The van der Waals surface area contributed by atoms with Crippen LogP contribution in [0.4, 0.5) is 15.2 Å². The molecule has 0 saturated carbocycles. The van der Waals surface area contributed by atoms with Gasteiger partial charge in [-0.05, 0) is 49.2 Å². The van der Waals surface area contributed by atoms with Gasteiger partial charge in [-0.15, -0.1) is 0 Å². The first-order valence-electron chi connectivity index (χ1n) is 6.01. The molecular weight excluding hydrogens is 259 g/mol. The monoisotopic (exact) mass is 272 g/mol. The number of benzene rings is 2. The summed E-state index contributed by atoms with van der Waals surface area (Å²) in [5.74, 6) is -0.254. The lowest BCUT2D eigenvalue weighted by Crippen LogP contribution is -1.90. The smallest absolute Gasteiger partial charge is 0.188 e. The summed E-state index contributed by atoms with van der Waals surface area (Å²) in [6, 6.07) is 10.9. The minimum Gasteiger partial charge on any atom is -0.332 e. The molecule has 2 nitrogen and oxygen atoms in total. The Morgan fingerprint density at radius 1 is 1.05 bits per heavy atom. The lowest BCUT2D eigenvalue weighted by Gasteiger charge is -2.05. The molecule has 0 aliphatic rings. The van der Waals surface area contributed by atoms with E-state index in [9.17, 15) is 4.39 Å². The number of nitrogens with zero attached hydrogens (tertiary/aromatic N) is 1. The van der Waals surface area contributed by atoms with Gasteiger partial charge in [0.1, 0.15) is 5.82 Å². The summed E-state index contributed by atoms with van der Waals surface area (Å²) in [6.07, 6.45) is 0. The van der Waals surface area contributed by atoms with Gasteiger partial charge in [-0.2, -0.15) is 0 Å². The zero-order chi connectivity index (χ0) is 13.4. The Morgan fingerprint density at radius 2 is 1.79 bits per heavy atom. The normalized spacial score (nSPS) is 10.9. The molecule has 0 unspecified atom stereocenters. The van der Waals surface area contributed by atoms with Crippen LogP contribution in [-0.2, 0) is 0 Å². The highest BCUT2D eigenvalue weighted by molar-refractivity contribution is 7.22. The van der Waals surface area contributed by atoms with Gasteiger partial charge >= 0.3 is 0 Å². The third-order valence-corrected chi connectivity index (χ3v) is 3.77. The number of thiazole rings is 1. The number of aryl methyl sites for hydroxylation is 2. The molecule has 0 fully saturated rings. The predicted molar refractivity (Wildman–Crippen MR) is 78.8 cm³/mol. The quantitative estimate of drug-likeness (QED) is 0.725. The third kappa shape index (κ3) is 2.58. The van der Waals surface area contributed by atoms with E-state index in [1.54, 1.807) is 6.07 Å². The second kappa shape index (κ2) is 4.63. The van der Waals surface area contributed by atoms with Gasteiger partial charge in [0, 0.05) is 11.8 Å². The van der Waals surface area contributed by atoms with Crippen LogP contribution in [0.2, 0.25) is 0 Å². The first-order valence-corrected chi connectivity index (χ1v) is 6.83. The zero-order valence-electron chi connectivity index (χ0n) is 10.7. The molecule has 4 heteroatoms. The average Bonchev–Trinajstić information content (AvgIpc) is 2.68. The van der Waals surface area contributed by atoms with Gasteiger partial charge in [0.05, 0.1) is 10.2 Å². The Hall–Kier alpha value is -1.94. The van der Waals surface area contributed by atoms with Gasteiger partial charge in [-0.1, -0.05) is 17.4 Å². The van der Waals surface area contributed by atoms with E-state index in [4.69, 9.17) is 0 Å². The van der Waals surface area contributed by atoms with E-state index in [0.29, 0.717) is 5.52 Å². The molecule has 96 valence electrons. The maximum Gasteiger partial charge on any atom is 0.188 e. The van der Waals surface area contributed by atoms with E-state index in [-0.39, 0.29) is 5.82 Å². The summed E-state index contributed by atoms with van der Waals surface area (Å²) in [6.45, 7) is 4.12. The van der Waals surface area contributed by atoms with Crippen LogP contribution in [0.5, 0.6) is 0 Å². The first kappa shape index (κ1) is 12.1. The number of fused-ring (bicyclic) bond motifs is 1. The van der Waals surface area contributed by atoms with Crippen molar-refractivity contribution in [2.75, 3.05) is 5.32 Å². The Labute approximate surface area is 114 Å². The zero-order valence-corrected chi connectivity index (χ0v) is 11.5. The minimum absolute atomic E-state index is 0.254. The molecule has 19 heavy (non-hydrogen) atoms. The molecule has 0 aliphatic heterocycles. The van der Waals surface area contributed by atoms with Crippen LogP contribution in [0.1, 0.15) is 11.1 Å². The molecule has 0 atom stereocenters. The molecule has 0 saturated heterocycles. The summed E-state index contributed by atoms with van der Waals surface area (Å²) < 4.78 is 14.1. The molecule has 0 aliphatic carbocycles. The summed E-state index contributed by atoms with van der Waals surface area (Å²) in [4.78, 5) is 4.40. The van der Waals surface area contributed by atoms with Crippen molar-refractivity contribution in [3.8, 4) is 0 Å². The van der Waals surface area contributed by atoms with E-state index >= 15 is 0 Å². The van der Waals surface area contributed by atoms with Crippen molar-refractivity contribution in [2.45, 2.75) is 13.8 Å². The average molecular weight is 272 g/mol. The topological polar surface area (TPSA) is 24.9 Å². The van der Waals surface area contributed by atoms with Crippen LogP contribution in [0, 0.1) is 19.7 Å². The van der Waals surface area contributed by atoms with Crippen LogP contribution < -0.4 is 5.32 Å². The van der Waals surface area contributed by atoms with Crippen molar-refractivity contribution in [1.82, 2.24) is 4.98 Å². The molecule has 0 radical (unpaired) electrons. The fourth-order valence-corrected chi connectivity index (χ4v) is 2.99. The van der Waals surface area contributed by atoms with Gasteiger partial charge in [-0.25, -0.2) is 9.37 Å². The van der Waals surface area contributed by atoms with E-state index in [2.05, 4.69) is 42.3 Å². The fraction of sp³-hybridized carbons (Fsp3) is 0.133. The van der Waals surface area contributed by atoms with Gasteiger partial charge in [0.2, 0.25) is 0 Å². The molecular formula is C15H13FN2S. The van der Waals surface area contributed by atoms with Crippen molar-refractivity contribution < 1.29 is 4.39 Å². The lowest BCUT2D eigenvalue weighted by atomic mass is 10.1. The van der Waals surface area contributed by atoms with Crippen molar-refractivity contribution in [1.29, 1.82) is 0 Å². The Balaban J connectivity index is 1.96. The van der Waals surface area contributed by atoms with E-state index in [1.165, 1.54) is 34.6 Å². The number of hydrogen-bond donors (Lipinski definition) is 1. The van der Waals surface area contributed by atoms with Crippen molar-refractivity contribution in [3.05, 3.63) is 53.3 Å². The molecule has 0 amide bonds. The highest BCUT2D eigenvalue weighted by Gasteiger charge is 2.05. The van der Waals surface area contributed by atoms with Crippen molar-refractivity contribution in [3.63, 3.8) is 0 Å². The number of nitrogens with one attached hydrogen (secondary N) is 1. The number of hydrogen-bond acceptors (Lipinski definition) is 3. The van der Waals surface area contributed by atoms with Crippen LogP contribution in [0.3, 0.4) is 0 Å². The molecule has 0 spiro atoms. The molecule has 1 aromatic heterocycles. The SMILES string of the molecule is Cc1cc(C)cc(Nc2nc3cc(F)ccc3s2)c1. The number of anilines is 2. The summed E-state index contributed by atoms with van der Waals surface area (Å²) in [7, 11) is 0. The van der Waals surface area contributed by atoms with E-state index in [0.717, 1.165) is 15.5 Å². The van der Waals surface area contributed by atoms with Crippen LogP contribution in [0.15, 0.2) is 36.4 Å². The van der Waals surface area contributed by atoms with Gasteiger partial charge in [0.15, 0.2) is 5.13 Å². The molecule has 1 N–H and O–H groups in total. The number of rotatable bonds is 2. The molecule has 3 rings (SSSR count). The fourth-order valence-electron chi connectivity index (χ4n) is 2.12. The number of aromatic nitrogens is 1. The van der Waals surface area contributed by atoms with Gasteiger partial charge in [0.25, 0.3) is 0 Å². The maximum atomic E-state index is 13.1. The van der Waals surface area contributed by atoms with E-state index in [1.807, 2.05) is 0 Å². The highest BCUT2D eigenvalue weighted by atomic mass is 32.1. The number of halogens is 1. The van der Waals surface area contributed by atoms with Gasteiger partial charge < -0.3 is 5.32 Å². The van der Waals surface area contributed by atoms with Crippen LogP contribution in [0.25, 0.3) is 10.2 Å². The van der Waals surface area contributed by atoms with Gasteiger partial charge in [-0.3, -0.25) is 0 Å². The summed E-state index contributed by atoms with van der Waals surface area (Å²) >= 11 is 1.52. The second-order valence-corrected chi connectivity index (χ2v) is 5.66. The Kier molecular flexibility index (Phi) is 2.95. The standard InChI is InChI=1S/C15H13FN2S/c1-9-5-10(2)7-12(6-9)17-15-18-13-8-11(16)3-4-14(13)19-15/h3-8H,1-2H3,(H,17,18). The van der Waals surface area contributed by atoms with Crippen LogP contribution >= 0.6 is 11.3 Å². The van der Waals surface area contributed by atoms with Crippen LogP contribution in [-0.4, -0.2) is 4.98 Å². The summed E-state index contributed by atoms with van der Waals surface area (Å²) in [5, 5.41) is 4.06. The van der Waals surface area contributed by atoms with E-state index < -0.39 is 0 Å².